The summed E-state index contributed by atoms with van der Waals surface area (Å²) in [5, 5.41) is 10.9. The summed E-state index contributed by atoms with van der Waals surface area (Å²) in [6, 6.07) is 3.51. The molecule has 19 heavy (non-hydrogen) atoms. The smallest absolute Gasteiger partial charge is 0.251 e. The number of carbonyl (C=O) groups excluding carboxylic acids is 1. The second-order valence-corrected chi connectivity index (χ2v) is 4.74. The zero-order valence-corrected chi connectivity index (χ0v) is 10.8. The number of ether oxygens (including phenoxy) is 1. The molecule has 100 valence electrons. The Bertz CT molecular complexity index is 602. The van der Waals surface area contributed by atoms with Crippen LogP contribution < -0.4 is 5.32 Å². The first kappa shape index (κ1) is 12.1. The first-order valence-electron chi connectivity index (χ1n) is 6.45. The summed E-state index contributed by atoms with van der Waals surface area (Å²) < 4.78 is 7.32. The van der Waals surface area contributed by atoms with Crippen molar-refractivity contribution in [3.8, 4) is 0 Å². The number of nitrogens with zero attached hydrogens (tertiary/aromatic N) is 3. The van der Waals surface area contributed by atoms with E-state index in [0.29, 0.717) is 17.8 Å². The number of aryl methyl sites for hydroxylation is 1. The van der Waals surface area contributed by atoms with Crippen molar-refractivity contribution >= 4 is 11.6 Å². The molecule has 1 N–H and O–H groups in total. The average Bonchev–Trinajstić information content (AvgIpc) is 3.06. The molecule has 3 rings (SSSR count). The van der Waals surface area contributed by atoms with Gasteiger partial charge in [-0.15, -0.1) is 10.2 Å². The Hall–Kier alpha value is -1.95. The monoisotopic (exact) mass is 260 g/mol. The summed E-state index contributed by atoms with van der Waals surface area (Å²) in [4.78, 5) is 12.0. The van der Waals surface area contributed by atoms with Crippen molar-refractivity contribution in [3.63, 3.8) is 0 Å². The zero-order chi connectivity index (χ0) is 13.2. The Morgan fingerprint density at radius 2 is 2.47 bits per heavy atom. The Balaban J connectivity index is 1.70. The van der Waals surface area contributed by atoms with Gasteiger partial charge in [-0.25, -0.2) is 0 Å². The van der Waals surface area contributed by atoms with Crippen molar-refractivity contribution < 1.29 is 9.53 Å². The van der Waals surface area contributed by atoms with Crippen LogP contribution in [-0.2, 0) is 4.74 Å². The van der Waals surface area contributed by atoms with Crippen molar-refractivity contribution in [1.29, 1.82) is 0 Å². The van der Waals surface area contributed by atoms with Crippen molar-refractivity contribution in [2.24, 2.45) is 0 Å². The van der Waals surface area contributed by atoms with Gasteiger partial charge in [-0.05, 0) is 31.9 Å². The Kier molecular flexibility index (Phi) is 3.16. The van der Waals surface area contributed by atoms with Gasteiger partial charge in [-0.1, -0.05) is 0 Å². The molecule has 1 aliphatic rings. The van der Waals surface area contributed by atoms with Crippen LogP contribution in [0, 0.1) is 6.92 Å². The van der Waals surface area contributed by atoms with Crippen molar-refractivity contribution in [2.75, 3.05) is 13.2 Å². The quantitative estimate of drug-likeness (QED) is 0.892. The highest BCUT2D eigenvalue weighted by Crippen LogP contribution is 2.11. The minimum Gasteiger partial charge on any atom is -0.376 e. The second-order valence-electron chi connectivity index (χ2n) is 4.74. The molecule has 2 aromatic rings. The van der Waals surface area contributed by atoms with Crippen molar-refractivity contribution in [2.45, 2.75) is 25.9 Å². The lowest BCUT2D eigenvalue weighted by atomic mass is 10.2. The normalized spacial score (nSPS) is 18.9. The molecule has 3 heterocycles. The molecule has 2 aromatic heterocycles. The van der Waals surface area contributed by atoms with Gasteiger partial charge in [-0.3, -0.25) is 9.20 Å². The number of amides is 1. The molecular weight excluding hydrogens is 244 g/mol. The molecule has 0 radical (unpaired) electrons. The fourth-order valence-corrected chi connectivity index (χ4v) is 2.27. The van der Waals surface area contributed by atoms with Gasteiger partial charge >= 0.3 is 0 Å². The van der Waals surface area contributed by atoms with E-state index in [0.717, 1.165) is 25.3 Å². The van der Waals surface area contributed by atoms with E-state index in [4.69, 9.17) is 4.74 Å². The summed E-state index contributed by atoms with van der Waals surface area (Å²) >= 11 is 0. The molecule has 0 aliphatic carbocycles. The number of nitrogens with one attached hydrogen (secondary N) is 1. The largest absolute Gasteiger partial charge is 0.376 e. The lowest BCUT2D eigenvalue weighted by molar-refractivity contribution is 0.0858. The molecule has 1 fully saturated rings. The van der Waals surface area contributed by atoms with E-state index in [-0.39, 0.29) is 12.0 Å². The van der Waals surface area contributed by atoms with Crippen LogP contribution in [0.5, 0.6) is 0 Å². The Labute approximate surface area is 110 Å². The molecule has 0 bridgehead atoms. The second kappa shape index (κ2) is 4.97. The zero-order valence-electron chi connectivity index (χ0n) is 10.8. The van der Waals surface area contributed by atoms with Crippen molar-refractivity contribution in [3.05, 3.63) is 29.7 Å². The number of hydrogen-bond acceptors (Lipinski definition) is 4. The Morgan fingerprint density at radius 3 is 3.26 bits per heavy atom. The van der Waals surface area contributed by atoms with E-state index >= 15 is 0 Å². The van der Waals surface area contributed by atoms with Crippen LogP contribution in [0.1, 0.15) is 29.0 Å². The van der Waals surface area contributed by atoms with Crippen LogP contribution in [0.25, 0.3) is 5.65 Å². The summed E-state index contributed by atoms with van der Waals surface area (Å²) in [6.07, 6.45) is 4.06. The van der Waals surface area contributed by atoms with E-state index in [2.05, 4.69) is 15.5 Å². The molecule has 1 atom stereocenters. The highest BCUT2D eigenvalue weighted by molar-refractivity contribution is 5.95. The van der Waals surface area contributed by atoms with Gasteiger partial charge in [0.05, 0.1) is 6.10 Å². The molecule has 1 saturated heterocycles. The number of rotatable bonds is 3. The van der Waals surface area contributed by atoms with Gasteiger partial charge in [0.2, 0.25) is 0 Å². The highest BCUT2D eigenvalue weighted by atomic mass is 16.5. The molecule has 1 amide bonds. The van der Waals surface area contributed by atoms with Gasteiger partial charge in [0.15, 0.2) is 5.65 Å². The summed E-state index contributed by atoms with van der Waals surface area (Å²) in [5.74, 6) is 0.708. The number of aromatic nitrogens is 3. The van der Waals surface area contributed by atoms with Crippen LogP contribution >= 0.6 is 0 Å². The number of hydrogen-bond donors (Lipinski definition) is 1. The maximum absolute atomic E-state index is 12.0. The third kappa shape index (κ3) is 2.44. The predicted molar refractivity (Wildman–Crippen MR) is 69.0 cm³/mol. The highest BCUT2D eigenvalue weighted by Gasteiger charge is 2.17. The lowest BCUT2D eigenvalue weighted by Crippen LogP contribution is -2.31. The topological polar surface area (TPSA) is 68.5 Å². The Morgan fingerprint density at radius 1 is 1.58 bits per heavy atom. The predicted octanol–water partition coefficient (Wildman–Crippen LogP) is 0.947. The van der Waals surface area contributed by atoms with Crippen LogP contribution in [0.15, 0.2) is 18.3 Å². The van der Waals surface area contributed by atoms with E-state index in [1.54, 1.807) is 12.1 Å². The third-order valence-electron chi connectivity index (χ3n) is 3.36. The van der Waals surface area contributed by atoms with Crippen molar-refractivity contribution in [1.82, 2.24) is 19.9 Å². The van der Waals surface area contributed by atoms with Crippen LogP contribution in [0.3, 0.4) is 0 Å². The van der Waals surface area contributed by atoms with E-state index in [9.17, 15) is 4.79 Å². The van der Waals surface area contributed by atoms with Crippen LogP contribution in [-0.4, -0.2) is 39.8 Å². The average molecular weight is 260 g/mol. The molecule has 1 unspecified atom stereocenters. The molecule has 0 saturated carbocycles. The first-order valence-corrected chi connectivity index (χ1v) is 6.45. The maximum atomic E-state index is 12.0. The van der Waals surface area contributed by atoms with Gasteiger partial charge in [0.25, 0.3) is 5.91 Å². The summed E-state index contributed by atoms with van der Waals surface area (Å²) in [7, 11) is 0. The molecule has 0 spiro atoms. The van der Waals surface area contributed by atoms with Gasteiger partial charge in [-0.2, -0.15) is 0 Å². The number of fused-ring (bicyclic) bond motifs is 1. The number of carbonyl (C=O) groups is 1. The maximum Gasteiger partial charge on any atom is 0.251 e. The molecule has 6 heteroatoms. The molecule has 1 aliphatic heterocycles. The summed E-state index contributed by atoms with van der Waals surface area (Å²) in [6.45, 7) is 3.23. The first-order chi connectivity index (χ1) is 9.24. The van der Waals surface area contributed by atoms with Gasteiger partial charge < -0.3 is 10.1 Å². The van der Waals surface area contributed by atoms with Gasteiger partial charge in [0, 0.05) is 24.9 Å². The molecule has 6 nitrogen and oxygen atoms in total. The lowest BCUT2D eigenvalue weighted by Gasteiger charge is -2.10. The van der Waals surface area contributed by atoms with E-state index in [1.807, 2.05) is 17.5 Å². The van der Waals surface area contributed by atoms with E-state index in [1.165, 1.54) is 0 Å². The minimum absolute atomic E-state index is 0.0985. The fraction of sp³-hybridized carbons (Fsp3) is 0.462. The fourth-order valence-electron chi connectivity index (χ4n) is 2.27. The standard InChI is InChI=1S/C13H16N4O2/c1-9-15-16-12-7-10(4-5-17(9)12)13(18)14-8-11-3-2-6-19-11/h4-5,7,11H,2-3,6,8H2,1H3,(H,14,18). The van der Waals surface area contributed by atoms with Gasteiger partial charge in [0.1, 0.15) is 5.82 Å². The molecule has 0 aromatic carbocycles. The summed E-state index contributed by atoms with van der Waals surface area (Å²) in [5.41, 5.74) is 1.28. The van der Waals surface area contributed by atoms with E-state index < -0.39 is 0 Å². The minimum atomic E-state index is -0.0985. The van der Waals surface area contributed by atoms with Crippen LogP contribution in [0.2, 0.25) is 0 Å². The SMILES string of the molecule is Cc1nnc2cc(C(=O)NCC3CCCO3)ccn12. The van der Waals surface area contributed by atoms with Crippen LogP contribution in [0.4, 0.5) is 0 Å². The third-order valence-corrected chi connectivity index (χ3v) is 3.36. The molecular formula is C13H16N4O2. The number of pyridine rings is 1.